The molecule has 1 fully saturated rings. The minimum Gasteiger partial charge on any atom is -0.488 e. The highest BCUT2D eigenvalue weighted by atomic mass is 19.1. The Morgan fingerprint density at radius 2 is 2.00 bits per heavy atom. The van der Waals surface area contributed by atoms with Crippen molar-refractivity contribution >= 4 is 0 Å². The number of halogens is 1. The van der Waals surface area contributed by atoms with Gasteiger partial charge in [0.05, 0.1) is 12.2 Å². The van der Waals surface area contributed by atoms with E-state index in [0.717, 1.165) is 6.42 Å². The second-order valence-corrected chi connectivity index (χ2v) is 5.72. The number of aliphatic hydroxyl groups excluding tert-OH is 2. The maximum absolute atomic E-state index is 13.7. The zero-order chi connectivity index (χ0) is 14.5. The number of hydrogen-bond donors (Lipinski definition) is 2. The van der Waals surface area contributed by atoms with E-state index in [9.17, 15) is 14.6 Å². The second-order valence-electron chi connectivity index (χ2n) is 5.72. The van der Waals surface area contributed by atoms with Crippen LogP contribution in [0.1, 0.15) is 50.7 Å². The number of aliphatic hydroxyl groups is 2. The van der Waals surface area contributed by atoms with E-state index < -0.39 is 18.0 Å². The highest BCUT2D eigenvalue weighted by Gasteiger charge is 2.19. The molecule has 2 rings (SSSR count). The minimum absolute atomic E-state index is 0.113. The van der Waals surface area contributed by atoms with Crippen LogP contribution < -0.4 is 4.74 Å². The van der Waals surface area contributed by atoms with E-state index in [1.165, 1.54) is 37.8 Å². The van der Waals surface area contributed by atoms with Crippen LogP contribution in [0.5, 0.6) is 5.75 Å². The van der Waals surface area contributed by atoms with Gasteiger partial charge < -0.3 is 14.9 Å². The predicted molar refractivity (Wildman–Crippen MR) is 75.1 cm³/mol. The second kappa shape index (κ2) is 7.04. The third-order valence-corrected chi connectivity index (χ3v) is 3.95. The fourth-order valence-electron chi connectivity index (χ4n) is 2.78. The molecule has 2 atom stereocenters. The first-order valence-corrected chi connectivity index (χ1v) is 7.34. The predicted octanol–water partition coefficient (Wildman–Crippen LogP) is 3.20. The van der Waals surface area contributed by atoms with Crippen molar-refractivity contribution in [3.8, 4) is 5.75 Å². The molecular weight excluding hydrogens is 259 g/mol. The van der Waals surface area contributed by atoms with Crippen LogP contribution in [-0.2, 0) is 0 Å². The van der Waals surface area contributed by atoms with Gasteiger partial charge in [-0.05, 0) is 37.0 Å². The summed E-state index contributed by atoms with van der Waals surface area (Å²) in [5.74, 6) is 0.201. The molecule has 20 heavy (non-hydrogen) atoms. The molecular formula is C16H23FO3. The summed E-state index contributed by atoms with van der Waals surface area (Å²) < 4.78 is 19.1. The molecule has 0 bridgehead atoms. The molecule has 0 heterocycles. The molecule has 1 aliphatic carbocycles. The van der Waals surface area contributed by atoms with Crippen LogP contribution in [0.4, 0.5) is 4.39 Å². The van der Waals surface area contributed by atoms with Crippen molar-refractivity contribution in [1.82, 2.24) is 0 Å². The first-order chi connectivity index (χ1) is 9.56. The van der Waals surface area contributed by atoms with E-state index in [2.05, 4.69) is 0 Å². The average molecular weight is 282 g/mol. The summed E-state index contributed by atoms with van der Waals surface area (Å²) in [7, 11) is 0. The van der Waals surface area contributed by atoms with Gasteiger partial charge in [-0.2, -0.15) is 0 Å². The van der Waals surface area contributed by atoms with E-state index in [-0.39, 0.29) is 12.4 Å². The summed E-state index contributed by atoms with van der Waals surface area (Å²) in [6.45, 7) is 1.70. The van der Waals surface area contributed by atoms with E-state index in [1.807, 2.05) is 0 Å². The SMILES string of the molecule is C[C@@H](O)c1ccc(OCC(O)CC2CCCC2)c(F)c1. The molecule has 1 saturated carbocycles. The topological polar surface area (TPSA) is 49.7 Å². The molecule has 4 heteroatoms. The average Bonchev–Trinajstić information content (AvgIpc) is 2.90. The lowest BCUT2D eigenvalue weighted by atomic mass is 10.0. The fourth-order valence-corrected chi connectivity index (χ4v) is 2.78. The Morgan fingerprint density at radius 1 is 1.30 bits per heavy atom. The normalized spacial score (nSPS) is 19.0. The van der Waals surface area contributed by atoms with Gasteiger partial charge in [0.1, 0.15) is 6.61 Å². The third kappa shape index (κ3) is 4.18. The monoisotopic (exact) mass is 282 g/mol. The van der Waals surface area contributed by atoms with Gasteiger partial charge in [0.15, 0.2) is 11.6 Å². The van der Waals surface area contributed by atoms with Crippen LogP contribution in [0.3, 0.4) is 0 Å². The van der Waals surface area contributed by atoms with Gasteiger partial charge in [-0.1, -0.05) is 31.7 Å². The Kier molecular flexibility index (Phi) is 5.38. The molecule has 0 aliphatic heterocycles. The molecule has 1 aliphatic rings. The van der Waals surface area contributed by atoms with Gasteiger partial charge in [0.2, 0.25) is 0 Å². The number of benzene rings is 1. The van der Waals surface area contributed by atoms with Crippen LogP contribution in [0, 0.1) is 11.7 Å². The molecule has 1 aromatic carbocycles. The van der Waals surface area contributed by atoms with Crippen molar-refractivity contribution in [2.24, 2.45) is 5.92 Å². The maximum Gasteiger partial charge on any atom is 0.165 e. The van der Waals surface area contributed by atoms with Crippen LogP contribution in [0.15, 0.2) is 18.2 Å². The summed E-state index contributed by atoms with van der Waals surface area (Å²) >= 11 is 0. The van der Waals surface area contributed by atoms with E-state index in [0.29, 0.717) is 11.5 Å². The quantitative estimate of drug-likeness (QED) is 0.842. The number of hydrogen-bond acceptors (Lipinski definition) is 3. The van der Waals surface area contributed by atoms with Gasteiger partial charge in [-0.3, -0.25) is 0 Å². The zero-order valence-corrected chi connectivity index (χ0v) is 11.9. The summed E-state index contributed by atoms with van der Waals surface area (Å²) in [5, 5.41) is 19.3. The van der Waals surface area contributed by atoms with Crippen LogP contribution in [-0.4, -0.2) is 22.9 Å². The smallest absolute Gasteiger partial charge is 0.165 e. The molecule has 0 saturated heterocycles. The van der Waals surface area contributed by atoms with Crippen molar-refractivity contribution in [1.29, 1.82) is 0 Å². The maximum atomic E-state index is 13.7. The van der Waals surface area contributed by atoms with Crippen molar-refractivity contribution in [2.45, 2.75) is 51.2 Å². The molecule has 0 amide bonds. The fraction of sp³-hybridized carbons (Fsp3) is 0.625. The van der Waals surface area contributed by atoms with Gasteiger partial charge in [-0.15, -0.1) is 0 Å². The van der Waals surface area contributed by atoms with Crippen LogP contribution in [0.2, 0.25) is 0 Å². The molecule has 2 N–H and O–H groups in total. The third-order valence-electron chi connectivity index (χ3n) is 3.95. The zero-order valence-electron chi connectivity index (χ0n) is 11.9. The Morgan fingerprint density at radius 3 is 2.60 bits per heavy atom. The van der Waals surface area contributed by atoms with Gasteiger partial charge >= 0.3 is 0 Å². The summed E-state index contributed by atoms with van der Waals surface area (Å²) in [4.78, 5) is 0. The Balaban J connectivity index is 1.83. The number of rotatable bonds is 6. The van der Waals surface area contributed by atoms with E-state index >= 15 is 0 Å². The molecule has 1 aromatic rings. The lowest BCUT2D eigenvalue weighted by molar-refractivity contribution is 0.0836. The highest BCUT2D eigenvalue weighted by molar-refractivity contribution is 5.30. The summed E-state index contributed by atoms with van der Waals surface area (Å²) in [6.07, 6.45) is 4.32. The first kappa shape index (κ1) is 15.3. The standard InChI is InChI=1S/C16H23FO3/c1-11(18)13-6-7-16(15(17)9-13)20-10-14(19)8-12-4-2-3-5-12/h6-7,9,11-12,14,18-19H,2-5,8,10H2,1H3/t11-,14?/m1/s1. The highest BCUT2D eigenvalue weighted by Crippen LogP contribution is 2.29. The van der Waals surface area contributed by atoms with Gasteiger partial charge in [0, 0.05) is 0 Å². The summed E-state index contributed by atoms with van der Waals surface area (Å²) in [6, 6.07) is 4.40. The number of ether oxygens (including phenoxy) is 1. The van der Waals surface area contributed by atoms with Crippen LogP contribution >= 0.6 is 0 Å². The molecule has 1 unspecified atom stereocenters. The van der Waals surface area contributed by atoms with Crippen molar-refractivity contribution in [2.75, 3.05) is 6.61 Å². The van der Waals surface area contributed by atoms with E-state index in [4.69, 9.17) is 4.74 Å². The van der Waals surface area contributed by atoms with Gasteiger partial charge in [0.25, 0.3) is 0 Å². The van der Waals surface area contributed by atoms with Crippen molar-refractivity contribution in [3.63, 3.8) is 0 Å². The largest absolute Gasteiger partial charge is 0.488 e. The summed E-state index contributed by atoms with van der Waals surface area (Å²) in [5.41, 5.74) is 0.515. The molecule has 0 spiro atoms. The van der Waals surface area contributed by atoms with Gasteiger partial charge in [-0.25, -0.2) is 4.39 Å². The molecule has 0 radical (unpaired) electrons. The van der Waals surface area contributed by atoms with Crippen molar-refractivity contribution in [3.05, 3.63) is 29.6 Å². The van der Waals surface area contributed by atoms with Crippen LogP contribution in [0.25, 0.3) is 0 Å². The first-order valence-electron chi connectivity index (χ1n) is 7.34. The molecule has 0 aromatic heterocycles. The minimum atomic E-state index is -0.702. The molecule has 112 valence electrons. The lowest BCUT2D eigenvalue weighted by Crippen LogP contribution is -2.20. The lowest BCUT2D eigenvalue weighted by Gasteiger charge is -2.16. The Bertz CT molecular complexity index is 428. The van der Waals surface area contributed by atoms with E-state index in [1.54, 1.807) is 13.0 Å². The Hall–Kier alpha value is -1.13. The molecule has 3 nitrogen and oxygen atoms in total. The van der Waals surface area contributed by atoms with Crippen molar-refractivity contribution < 1.29 is 19.3 Å². The Labute approximate surface area is 119 Å².